The Hall–Kier alpha value is -3.55. The van der Waals surface area contributed by atoms with Crippen LogP contribution < -0.4 is 5.32 Å². The lowest BCUT2D eigenvalue weighted by atomic mass is 9.98. The highest BCUT2D eigenvalue weighted by molar-refractivity contribution is 6.01. The molecule has 154 valence electrons. The standard InChI is InChI=1S/C22H21FN4O3/c1-2-27-12-14(10-17(27)28)18-16-4-3-9-24-19(16)21(29)20(26-18)22(30)25-11-13-5-7-15(23)8-6-13/h3-9,14,29H,2,10-12H2,1H3,(H,25,30). The van der Waals surface area contributed by atoms with Crippen molar-refractivity contribution < 1.29 is 19.1 Å². The molecule has 0 radical (unpaired) electrons. The summed E-state index contributed by atoms with van der Waals surface area (Å²) in [6.07, 6.45) is 1.83. The van der Waals surface area contributed by atoms with Crippen LogP contribution >= 0.6 is 0 Å². The van der Waals surface area contributed by atoms with Gasteiger partial charge in [0, 0.05) is 43.6 Å². The van der Waals surface area contributed by atoms with Crippen LogP contribution in [0.3, 0.4) is 0 Å². The number of hydrogen-bond acceptors (Lipinski definition) is 5. The Morgan fingerprint density at radius 3 is 2.77 bits per heavy atom. The number of nitrogens with one attached hydrogen (secondary N) is 1. The number of benzene rings is 1. The molecule has 0 aliphatic carbocycles. The summed E-state index contributed by atoms with van der Waals surface area (Å²) in [7, 11) is 0. The average Bonchev–Trinajstić information content (AvgIpc) is 3.14. The molecule has 2 N–H and O–H groups in total. The topological polar surface area (TPSA) is 95.4 Å². The minimum Gasteiger partial charge on any atom is -0.504 e. The highest BCUT2D eigenvalue weighted by atomic mass is 19.1. The number of hydrogen-bond donors (Lipinski definition) is 2. The van der Waals surface area contributed by atoms with E-state index in [4.69, 9.17) is 0 Å². The highest BCUT2D eigenvalue weighted by Gasteiger charge is 2.33. The van der Waals surface area contributed by atoms with Crippen LogP contribution in [0.5, 0.6) is 5.75 Å². The molecule has 8 heteroatoms. The lowest BCUT2D eigenvalue weighted by Crippen LogP contribution is -2.25. The van der Waals surface area contributed by atoms with E-state index < -0.39 is 5.91 Å². The zero-order chi connectivity index (χ0) is 21.3. The van der Waals surface area contributed by atoms with Crippen molar-refractivity contribution in [1.29, 1.82) is 0 Å². The first-order valence-electron chi connectivity index (χ1n) is 9.76. The van der Waals surface area contributed by atoms with Crippen LogP contribution in [0.1, 0.15) is 41.0 Å². The molecule has 3 aromatic rings. The summed E-state index contributed by atoms with van der Waals surface area (Å²) < 4.78 is 13.1. The van der Waals surface area contributed by atoms with E-state index in [9.17, 15) is 19.1 Å². The summed E-state index contributed by atoms with van der Waals surface area (Å²) in [4.78, 5) is 35.5. The number of pyridine rings is 2. The molecule has 1 aliphatic rings. The quantitative estimate of drug-likeness (QED) is 0.677. The van der Waals surface area contributed by atoms with Crippen molar-refractivity contribution >= 4 is 22.7 Å². The van der Waals surface area contributed by atoms with Gasteiger partial charge in [0.25, 0.3) is 5.91 Å². The van der Waals surface area contributed by atoms with E-state index in [2.05, 4.69) is 15.3 Å². The molecule has 7 nitrogen and oxygen atoms in total. The van der Waals surface area contributed by atoms with Gasteiger partial charge in [0.05, 0.1) is 5.69 Å². The monoisotopic (exact) mass is 408 g/mol. The molecule has 30 heavy (non-hydrogen) atoms. The number of fused-ring (bicyclic) bond motifs is 1. The molecule has 3 heterocycles. The normalized spacial score (nSPS) is 16.3. The Labute approximate surface area is 172 Å². The minimum atomic E-state index is -0.567. The van der Waals surface area contributed by atoms with Crippen LogP contribution in [-0.2, 0) is 11.3 Å². The minimum absolute atomic E-state index is 0.0386. The Morgan fingerprint density at radius 2 is 2.07 bits per heavy atom. The number of halogens is 1. The lowest BCUT2D eigenvalue weighted by molar-refractivity contribution is -0.127. The second-order valence-electron chi connectivity index (χ2n) is 7.24. The van der Waals surface area contributed by atoms with Crippen molar-refractivity contribution in [2.75, 3.05) is 13.1 Å². The fourth-order valence-corrected chi connectivity index (χ4v) is 3.75. The number of amides is 2. The second-order valence-corrected chi connectivity index (χ2v) is 7.24. The van der Waals surface area contributed by atoms with Gasteiger partial charge in [-0.2, -0.15) is 0 Å². The van der Waals surface area contributed by atoms with Crippen LogP contribution in [0.2, 0.25) is 0 Å². The molecule has 2 aromatic heterocycles. The molecule has 1 unspecified atom stereocenters. The van der Waals surface area contributed by atoms with Gasteiger partial charge in [-0.1, -0.05) is 12.1 Å². The van der Waals surface area contributed by atoms with E-state index >= 15 is 0 Å². The number of rotatable bonds is 5. The number of nitrogens with zero attached hydrogens (tertiary/aromatic N) is 3. The Kier molecular flexibility index (Phi) is 5.31. The molecule has 1 saturated heterocycles. The highest BCUT2D eigenvalue weighted by Crippen LogP contribution is 2.35. The third-order valence-corrected chi connectivity index (χ3v) is 5.33. The number of aromatic nitrogens is 2. The van der Waals surface area contributed by atoms with Crippen molar-refractivity contribution in [2.45, 2.75) is 25.8 Å². The third kappa shape index (κ3) is 3.68. The van der Waals surface area contributed by atoms with Crippen LogP contribution in [0.4, 0.5) is 4.39 Å². The maximum atomic E-state index is 13.1. The zero-order valence-corrected chi connectivity index (χ0v) is 16.4. The van der Waals surface area contributed by atoms with Crippen molar-refractivity contribution in [3.8, 4) is 5.75 Å². The van der Waals surface area contributed by atoms with E-state index in [0.717, 1.165) is 0 Å². The zero-order valence-electron chi connectivity index (χ0n) is 16.4. The molecule has 1 atom stereocenters. The molecular formula is C22H21FN4O3. The van der Waals surface area contributed by atoms with E-state index in [1.54, 1.807) is 29.2 Å². The summed E-state index contributed by atoms with van der Waals surface area (Å²) in [5, 5.41) is 14.0. The smallest absolute Gasteiger partial charge is 0.274 e. The van der Waals surface area contributed by atoms with Crippen molar-refractivity contribution in [3.63, 3.8) is 0 Å². The van der Waals surface area contributed by atoms with Gasteiger partial charge in [-0.25, -0.2) is 9.37 Å². The molecule has 0 bridgehead atoms. The molecule has 0 spiro atoms. The molecule has 1 aromatic carbocycles. The number of carbonyl (C=O) groups excluding carboxylic acids is 2. The molecule has 1 aliphatic heterocycles. The summed E-state index contributed by atoms with van der Waals surface area (Å²) in [6.45, 7) is 3.18. The summed E-state index contributed by atoms with van der Waals surface area (Å²) in [5.74, 6) is -1.38. The number of carbonyl (C=O) groups is 2. The van der Waals surface area contributed by atoms with Gasteiger partial charge in [-0.3, -0.25) is 14.6 Å². The Bertz CT molecular complexity index is 1120. The van der Waals surface area contributed by atoms with E-state index in [-0.39, 0.29) is 41.1 Å². The van der Waals surface area contributed by atoms with Crippen LogP contribution in [-0.4, -0.2) is 44.9 Å². The predicted octanol–water partition coefficient (Wildman–Crippen LogP) is 2.74. The second kappa shape index (κ2) is 8.06. The third-order valence-electron chi connectivity index (χ3n) is 5.33. The number of aromatic hydroxyl groups is 1. The first-order chi connectivity index (χ1) is 14.5. The first-order valence-corrected chi connectivity index (χ1v) is 9.76. The van der Waals surface area contributed by atoms with Gasteiger partial charge >= 0.3 is 0 Å². The average molecular weight is 408 g/mol. The largest absolute Gasteiger partial charge is 0.504 e. The Morgan fingerprint density at radius 1 is 1.30 bits per heavy atom. The van der Waals surface area contributed by atoms with Crippen molar-refractivity contribution in [1.82, 2.24) is 20.2 Å². The first kappa shape index (κ1) is 19.8. The molecule has 1 fully saturated rings. The fourth-order valence-electron chi connectivity index (χ4n) is 3.75. The van der Waals surface area contributed by atoms with Crippen molar-refractivity contribution in [3.05, 3.63) is 65.4 Å². The van der Waals surface area contributed by atoms with Gasteiger partial charge in [-0.15, -0.1) is 0 Å². The van der Waals surface area contributed by atoms with E-state index in [1.807, 2.05) is 6.92 Å². The summed E-state index contributed by atoms with van der Waals surface area (Å²) >= 11 is 0. The molecule has 4 rings (SSSR count). The number of likely N-dealkylation sites (tertiary alicyclic amines) is 1. The fraction of sp³-hybridized carbons (Fsp3) is 0.273. The van der Waals surface area contributed by atoms with Gasteiger partial charge in [0.1, 0.15) is 11.3 Å². The Balaban J connectivity index is 1.67. The predicted molar refractivity (Wildman–Crippen MR) is 108 cm³/mol. The van der Waals surface area contributed by atoms with E-state index in [0.29, 0.717) is 36.2 Å². The van der Waals surface area contributed by atoms with Crippen LogP contribution in [0.15, 0.2) is 42.6 Å². The molecule has 0 saturated carbocycles. The van der Waals surface area contributed by atoms with Gasteiger partial charge < -0.3 is 15.3 Å². The van der Waals surface area contributed by atoms with Gasteiger partial charge in [0.15, 0.2) is 11.4 Å². The van der Waals surface area contributed by atoms with Crippen LogP contribution in [0.25, 0.3) is 10.9 Å². The lowest BCUT2D eigenvalue weighted by Gasteiger charge is -2.16. The molecule has 2 amide bonds. The van der Waals surface area contributed by atoms with Crippen LogP contribution in [0, 0.1) is 5.82 Å². The van der Waals surface area contributed by atoms with E-state index in [1.165, 1.54) is 18.3 Å². The summed E-state index contributed by atoms with van der Waals surface area (Å²) in [6, 6.07) is 9.27. The summed E-state index contributed by atoms with van der Waals surface area (Å²) in [5.41, 5.74) is 1.42. The van der Waals surface area contributed by atoms with Gasteiger partial charge in [0.2, 0.25) is 5.91 Å². The molecular weight excluding hydrogens is 387 g/mol. The van der Waals surface area contributed by atoms with Gasteiger partial charge in [-0.05, 0) is 36.8 Å². The maximum Gasteiger partial charge on any atom is 0.274 e. The SMILES string of the molecule is CCN1CC(c2nc(C(=O)NCc3ccc(F)cc3)c(O)c3ncccc23)CC1=O. The van der Waals surface area contributed by atoms with Crippen molar-refractivity contribution in [2.24, 2.45) is 0 Å². The maximum absolute atomic E-state index is 13.1. The number of likely N-dealkylation sites (N-methyl/N-ethyl adjacent to an activating group) is 1.